The van der Waals surface area contributed by atoms with Gasteiger partial charge in [0.1, 0.15) is 35.9 Å². The Kier molecular flexibility index (Phi) is 10.9. The molecule has 248 valence electrons. The summed E-state index contributed by atoms with van der Waals surface area (Å²) in [7, 11) is 0. The van der Waals surface area contributed by atoms with E-state index in [0.717, 1.165) is 5.69 Å². The smallest absolute Gasteiger partial charge is 0.408 e. The summed E-state index contributed by atoms with van der Waals surface area (Å²) in [4.78, 5) is 56.6. The molecule has 2 unspecified atom stereocenters. The van der Waals surface area contributed by atoms with Gasteiger partial charge in [0.2, 0.25) is 17.7 Å². The number of aromatic nitrogens is 1. The predicted octanol–water partition coefficient (Wildman–Crippen LogP) is 4.80. The van der Waals surface area contributed by atoms with Crippen LogP contribution in [0.2, 0.25) is 5.02 Å². The fraction of sp³-hybridized carbons (Fsp3) is 0.455. The number of benzene rings is 2. The molecule has 0 bridgehead atoms. The molecule has 1 heterocycles. The second-order valence-corrected chi connectivity index (χ2v) is 12.5. The van der Waals surface area contributed by atoms with Crippen molar-refractivity contribution in [1.29, 1.82) is 0 Å². The van der Waals surface area contributed by atoms with Crippen LogP contribution in [0.25, 0.3) is 10.9 Å². The number of alkyl carbamates (subject to hydrolysis) is 1. The van der Waals surface area contributed by atoms with Gasteiger partial charge in [0, 0.05) is 23.1 Å². The highest BCUT2D eigenvalue weighted by Crippen LogP contribution is 2.37. The molecule has 0 saturated heterocycles. The molecule has 0 fully saturated rings. The van der Waals surface area contributed by atoms with Crippen molar-refractivity contribution in [2.75, 3.05) is 0 Å². The highest BCUT2D eigenvalue weighted by atomic mass is 35.5. The lowest BCUT2D eigenvalue weighted by Gasteiger charge is -2.39. The summed E-state index contributed by atoms with van der Waals surface area (Å²) in [6, 6.07) is 6.18. The van der Waals surface area contributed by atoms with Crippen LogP contribution in [0.3, 0.4) is 0 Å². The molecule has 5 atom stereocenters. The van der Waals surface area contributed by atoms with Gasteiger partial charge < -0.3 is 31.4 Å². The highest BCUT2D eigenvalue weighted by molar-refractivity contribution is 6.35. The molecule has 1 aliphatic carbocycles. The zero-order valence-electron chi connectivity index (χ0n) is 26.3. The minimum absolute atomic E-state index is 0.0589. The molecule has 3 aromatic rings. The number of primary amides is 1. The third-order valence-electron chi connectivity index (χ3n) is 8.99. The van der Waals surface area contributed by atoms with Crippen LogP contribution < -0.4 is 21.7 Å². The Balaban J connectivity index is 1.66. The van der Waals surface area contributed by atoms with Crippen molar-refractivity contribution in [3.05, 3.63) is 69.9 Å². The van der Waals surface area contributed by atoms with Crippen molar-refractivity contribution in [3.63, 3.8) is 0 Å². The number of nitrogens with one attached hydrogen (secondary N) is 4. The maximum atomic E-state index is 14.5. The van der Waals surface area contributed by atoms with E-state index in [4.69, 9.17) is 22.1 Å². The predicted molar refractivity (Wildman–Crippen MR) is 170 cm³/mol. The van der Waals surface area contributed by atoms with E-state index < -0.39 is 59.0 Å². The number of amides is 4. The van der Waals surface area contributed by atoms with E-state index in [1.54, 1.807) is 19.9 Å². The molecule has 46 heavy (non-hydrogen) atoms. The number of carbonyl (C=O) groups excluding carboxylic acids is 4. The second-order valence-electron chi connectivity index (χ2n) is 12.1. The minimum Gasteiger partial charge on any atom is -0.445 e. The molecule has 4 amide bonds. The number of hydrogen-bond acceptors (Lipinski definition) is 5. The van der Waals surface area contributed by atoms with Crippen LogP contribution in [0.1, 0.15) is 63.8 Å². The zero-order valence-corrected chi connectivity index (χ0v) is 27.0. The first-order valence-electron chi connectivity index (χ1n) is 15.4. The molecule has 4 rings (SSSR count). The molecule has 0 radical (unpaired) electrons. The first-order chi connectivity index (χ1) is 21.8. The summed E-state index contributed by atoms with van der Waals surface area (Å²) in [6.07, 6.45) is 0.421. The van der Waals surface area contributed by atoms with Crippen molar-refractivity contribution in [3.8, 4) is 0 Å². The Morgan fingerprint density at radius 1 is 1.04 bits per heavy atom. The summed E-state index contributed by atoms with van der Waals surface area (Å²) in [5.74, 6) is -3.84. The van der Waals surface area contributed by atoms with Gasteiger partial charge in [-0.25, -0.2) is 13.6 Å². The number of carbonyl (C=O) groups is 4. The number of ether oxygens (including phenoxy) is 1. The van der Waals surface area contributed by atoms with Gasteiger partial charge in [0.25, 0.3) is 0 Å². The fourth-order valence-corrected chi connectivity index (χ4v) is 6.03. The van der Waals surface area contributed by atoms with Crippen LogP contribution in [0.15, 0.2) is 36.4 Å². The third kappa shape index (κ3) is 7.43. The molecule has 0 saturated carbocycles. The fourth-order valence-electron chi connectivity index (χ4n) is 5.78. The van der Waals surface area contributed by atoms with Crippen LogP contribution in [-0.4, -0.2) is 46.4 Å². The summed E-state index contributed by atoms with van der Waals surface area (Å²) < 4.78 is 33.7. The summed E-state index contributed by atoms with van der Waals surface area (Å²) >= 11 is 6.32. The van der Waals surface area contributed by atoms with E-state index in [-0.39, 0.29) is 42.4 Å². The highest BCUT2D eigenvalue weighted by Gasteiger charge is 2.46. The number of fused-ring (bicyclic) bond motifs is 3. The van der Waals surface area contributed by atoms with E-state index >= 15 is 0 Å². The second kappa shape index (κ2) is 14.5. The Hall–Kier alpha value is -4.19. The van der Waals surface area contributed by atoms with Gasteiger partial charge in [-0.05, 0) is 48.4 Å². The molecular weight excluding hydrogens is 620 g/mol. The number of hydrogen-bond donors (Lipinski definition) is 5. The maximum Gasteiger partial charge on any atom is 0.408 e. The van der Waals surface area contributed by atoms with E-state index in [1.165, 1.54) is 30.3 Å². The molecule has 1 aliphatic rings. The van der Waals surface area contributed by atoms with E-state index in [1.807, 2.05) is 13.8 Å². The first-order valence-corrected chi connectivity index (χ1v) is 15.7. The van der Waals surface area contributed by atoms with Crippen LogP contribution in [0.5, 0.6) is 0 Å². The van der Waals surface area contributed by atoms with Gasteiger partial charge >= 0.3 is 6.09 Å². The van der Waals surface area contributed by atoms with Gasteiger partial charge in [-0.1, -0.05) is 70.3 Å². The molecule has 0 spiro atoms. The Bertz CT molecular complexity index is 1630. The van der Waals surface area contributed by atoms with Crippen LogP contribution >= 0.6 is 11.6 Å². The normalized spacial score (nSPS) is 18.5. The zero-order chi connectivity index (χ0) is 33.8. The molecule has 1 aromatic heterocycles. The topological polar surface area (TPSA) is 155 Å². The van der Waals surface area contributed by atoms with Gasteiger partial charge in [-0.2, -0.15) is 0 Å². The SMILES string of the molecule is CCC(C)[C@H](NC(=O)[C@@]1(NC(=O)[C@@H](NC(=O)OCc2ccccc2F)C(C)CC)CCc2[nH]c3c(Cl)cc(F)cc3c2C1)C(N)=O. The van der Waals surface area contributed by atoms with Crippen LogP contribution in [-0.2, 0) is 38.6 Å². The molecule has 13 heteroatoms. The standard InChI is InChI=1S/C33H40ClF2N5O5/c1-5-17(3)26(29(37)42)39-31(44)33(12-11-25-22(15-33)21-13-20(35)14-23(34)28(21)38-25)41-30(43)27(18(4)6-2)40-32(45)46-16-19-9-7-8-10-24(19)36/h7-10,13-14,17-18,26-27,38H,5-6,11-12,15-16H2,1-4H3,(H2,37,42)(H,39,44)(H,40,45)(H,41,43)/t17?,18?,26-,27-,33+/m0/s1. The molecular formula is C33H40ClF2N5O5. The number of H-pyrrole nitrogens is 1. The van der Waals surface area contributed by atoms with E-state index in [0.29, 0.717) is 29.3 Å². The Labute approximate surface area is 271 Å². The van der Waals surface area contributed by atoms with Crippen molar-refractivity contribution in [2.24, 2.45) is 17.6 Å². The lowest BCUT2D eigenvalue weighted by atomic mass is 9.78. The number of rotatable bonds is 12. The van der Waals surface area contributed by atoms with Crippen LogP contribution in [0.4, 0.5) is 13.6 Å². The minimum atomic E-state index is -1.61. The van der Waals surface area contributed by atoms with Crippen molar-refractivity contribution >= 4 is 46.3 Å². The maximum absolute atomic E-state index is 14.5. The van der Waals surface area contributed by atoms with Crippen molar-refractivity contribution < 1.29 is 32.7 Å². The monoisotopic (exact) mass is 659 g/mol. The van der Waals surface area contributed by atoms with Gasteiger partial charge in [-0.15, -0.1) is 0 Å². The molecule has 6 N–H and O–H groups in total. The largest absolute Gasteiger partial charge is 0.445 e. The van der Waals surface area contributed by atoms with Gasteiger partial charge in [0.15, 0.2) is 0 Å². The van der Waals surface area contributed by atoms with E-state index in [9.17, 15) is 28.0 Å². The van der Waals surface area contributed by atoms with Crippen molar-refractivity contribution in [1.82, 2.24) is 20.9 Å². The Morgan fingerprint density at radius 2 is 1.72 bits per heavy atom. The third-order valence-corrected chi connectivity index (χ3v) is 9.29. The lowest BCUT2D eigenvalue weighted by Crippen LogP contribution is -2.67. The molecule has 0 aliphatic heterocycles. The summed E-state index contributed by atoms with van der Waals surface area (Å²) in [6.45, 7) is 6.87. The van der Waals surface area contributed by atoms with Crippen LogP contribution in [0, 0.1) is 23.5 Å². The first kappa shape index (κ1) is 34.7. The molecule has 2 aromatic carbocycles. The summed E-state index contributed by atoms with van der Waals surface area (Å²) in [5.41, 5.74) is 6.04. The average molecular weight is 660 g/mol. The summed E-state index contributed by atoms with van der Waals surface area (Å²) in [5, 5.41) is 8.85. The quantitative estimate of drug-likeness (QED) is 0.189. The number of aromatic amines is 1. The number of aryl methyl sites for hydroxylation is 1. The Morgan fingerprint density at radius 3 is 2.37 bits per heavy atom. The van der Waals surface area contributed by atoms with Gasteiger partial charge in [-0.3, -0.25) is 14.4 Å². The number of nitrogens with two attached hydrogens (primary N) is 1. The van der Waals surface area contributed by atoms with Crippen molar-refractivity contribution in [2.45, 2.75) is 84.0 Å². The average Bonchev–Trinajstić information content (AvgIpc) is 3.38. The van der Waals surface area contributed by atoms with E-state index in [2.05, 4.69) is 20.9 Å². The lowest BCUT2D eigenvalue weighted by molar-refractivity contribution is -0.137. The van der Waals surface area contributed by atoms with Gasteiger partial charge in [0.05, 0.1) is 10.5 Å². The molecule has 10 nitrogen and oxygen atoms in total. The number of halogens is 3.